The number of hydrogen-bond donors (Lipinski definition) is 1. The van der Waals surface area contributed by atoms with Crippen LogP contribution in [0.15, 0.2) is 54.6 Å². The number of carbonyl (C=O) groups excluding carboxylic acids is 1. The number of para-hydroxylation sites is 1. The fourth-order valence-electron chi connectivity index (χ4n) is 2.71. The summed E-state index contributed by atoms with van der Waals surface area (Å²) in [6.45, 7) is 6.41. The Balaban J connectivity index is 1.82. The second-order valence-corrected chi connectivity index (χ2v) is 6.39. The molecule has 0 bridgehead atoms. The smallest absolute Gasteiger partial charge is 0.221 e. The largest absolute Gasteiger partial charge is 0.496 e. The maximum Gasteiger partial charge on any atom is 0.221 e. The molecule has 0 saturated heterocycles. The fourth-order valence-corrected chi connectivity index (χ4v) is 2.71. The highest BCUT2D eigenvalue weighted by Gasteiger charge is 2.12. The molecule has 0 aliphatic rings. The van der Waals surface area contributed by atoms with Crippen LogP contribution in [-0.2, 0) is 17.9 Å². The van der Waals surface area contributed by atoms with E-state index >= 15 is 0 Å². The van der Waals surface area contributed by atoms with Gasteiger partial charge in [0.1, 0.15) is 5.75 Å². The zero-order chi connectivity index (χ0) is 18.1. The van der Waals surface area contributed by atoms with Gasteiger partial charge in [-0.3, -0.25) is 9.69 Å². The summed E-state index contributed by atoms with van der Waals surface area (Å²) < 4.78 is 5.31. The highest BCUT2D eigenvalue weighted by atomic mass is 16.5. The number of amides is 1. The van der Waals surface area contributed by atoms with Gasteiger partial charge in [-0.1, -0.05) is 48.5 Å². The van der Waals surface area contributed by atoms with Crippen LogP contribution in [0, 0.1) is 0 Å². The first-order valence-corrected chi connectivity index (χ1v) is 8.76. The van der Waals surface area contributed by atoms with E-state index in [4.69, 9.17) is 4.74 Å². The summed E-state index contributed by atoms with van der Waals surface area (Å²) in [5.41, 5.74) is 2.26. The first kappa shape index (κ1) is 19.0. The number of ether oxygens (including phenoxy) is 1. The van der Waals surface area contributed by atoms with Gasteiger partial charge in [0.25, 0.3) is 0 Å². The van der Waals surface area contributed by atoms with Gasteiger partial charge < -0.3 is 10.1 Å². The Morgan fingerprint density at radius 3 is 2.44 bits per heavy atom. The first-order valence-electron chi connectivity index (χ1n) is 8.76. The maximum absolute atomic E-state index is 12.2. The van der Waals surface area contributed by atoms with E-state index in [0.717, 1.165) is 24.4 Å². The number of nitrogens with one attached hydrogen (secondary N) is 1. The molecule has 0 atom stereocenters. The van der Waals surface area contributed by atoms with E-state index in [9.17, 15) is 4.79 Å². The maximum atomic E-state index is 12.2. The summed E-state index contributed by atoms with van der Waals surface area (Å²) in [7, 11) is 1.64. The lowest BCUT2D eigenvalue weighted by atomic mass is 10.1. The minimum absolute atomic E-state index is 0.0598. The highest BCUT2D eigenvalue weighted by Crippen LogP contribution is 2.16. The zero-order valence-electron chi connectivity index (χ0n) is 15.4. The van der Waals surface area contributed by atoms with Crippen molar-refractivity contribution in [3.05, 3.63) is 65.7 Å². The summed E-state index contributed by atoms with van der Waals surface area (Å²) in [5, 5.41) is 2.99. The molecule has 0 spiro atoms. The van der Waals surface area contributed by atoms with E-state index in [1.807, 2.05) is 42.5 Å². The Bertz CT molecular complexity index is 656. The molecule has 0 heterocycles. The van der Waals surface area contributed by atoms with Crippen molar-refractivity contribution in [2.75, 3.05) is 13.7 Å². The number of benzene rings is 2. The molecular formula is C21H28N2O2. The second-order valence-electron chi connectivity index (χ2n) is 6.39. The molecule has 0 aliphatic carbocycles. The molecule has 0 saturated carbocycles. The highest BCUT2D eigenvalue weighted by molar-refractivity contribution is 5.76. The van der Waals surface area contributed by atoms with E-state index in [0.29, 0.717) is 19.0 Å². The van der Waals surface area contributed by atoms with E-state index < -0.39 is 0 Å². The van der Waals surface area contributed by atoms with E-state index in [2.05, 4.69) is 36.2 Å². The molecule has 2 rings (SSSR count). The van der Waals surface area contributed by atoms with Crippen molar-refractivity contribution in [3.63, 3.8) is 0 Å². The van der Waals surface area contributed by atoms with E-state index in [-0.39, 0.29) is 5.91 Å². The predicted octanol–water partition coefficient (Wildman–Crippen LogP) is 3.61. The summed E-state index contributed by atoms with van der Waals surface area (Å²) in [5.74, 6) is 0.861. The average molecular weight is 340 g/mol. The summed E-state index contributed by atoms with van der Waals surface area (Å²) in [4.78, 5) is 14.5. The van der Waals surface area contributed by atoms with Crippen LogP contribution in [0.25, 0.3) is 0 Å². The topological polar surface area (TPSA) is 41.6 Å². The van der Waals surface area contributed by atoms with Crippen LogP contribution >= 0.6 is 0 Å². The zero-order valence-corrected chi connectivity index (χ0v) is 15.4. The third-order valence-electron chi connectivity index (χ3n) is 4.25. The van der Waals surface area contributed by atoms with Crippen molar-refractivity contribution in [3.8, 4) is 5.75 Å². The number of carbonyl (C=O) groups is 1. The number of methoxy groups -OCH3 is 1. The van der Waals surface area contributed by atoms with Crippen LogP contribution in [0.3, 0.4) is 0 Å². The monoisotopic (exact) mass is 340 g/mol. The molecule has 0 radical (unpaired) electrons. The fraction of sp³-hybridized carbons (Fsp3) is 0.381. The summed E-state index contributed by atoms with van der Waals surface area (Å²) >= 11 is 0. The molecule has 0 unspecified atom stereocenters. The third kappa shape index (κ3) is 6.24. The van der Waals surface area contributed by atoms with Crippen molar-refractivity contribution in [1.82, 2.24) is 10.2 Å². The number of nitrogens with zero attached hydrogens (tertiary/aromatic N) is 1. The van der Waals surface area contributed by atoms with Gasteiger partial charge in [0, 0.05) is 37.7 Å². The van der Waals surface area contributed by atoms with Crippen molar-refractivity contribution in [1.29, 1.82) is 0 Å². The molecule has 2 aromatic carbocycles. The molecule has 2 aromatic rings. The Hall–Kier alpha value is -2.33. The first-order chi connectivity index (χ1) is 12.1. The summed E-state index contributed by atoms with van der Waals surface area (Å²) in [6, 6.07) is 18.5. The quantitative estimate of drug-likeness (QED) is 0.758. The molecule has 134 valence electrons. The van der Waals surface area contributed by atoms with Crippen molar-refractivity contribution in [2.24, 2.45) is 0 Å². The Morgan fingerprint density at radius 1 is 1.08 bits per heavy atom. The molecule has 0 aromatic heterocycles. The second kappa shape index (κ2) is 9.84. The van der Waals surface area contributed by atoms with Crippen LogP contribution in [0.2, 0.25) is 0 Å². The standard InChI is InChI=1S/C21H28N2O2/c1-17(2)23(16-18-9-5-4-6-10-18)14-13-21(24)22-15-19-11-7-8-12-20(19)25-3/h4-12,17H,13-16H2,1-3H3,(H,22,24). The minimum atomic E-state index is 0.0598. The molecule has 1 amide bonds. The molecule has 0 fully saturated rings. The molecule has 25 heavy (non-hydrogen) atoms. The van der Waals surface area contributed by atoms with Crippen LogP contribution in [0.5, 0.6) is 5.75 Å². The average Bonchev–Trinajstić information content (AvgIpc) is 2.64. The Kier molecular flexibility index (Phi) is 7.48. The number of hydrogen-bond acceptors (Lipinski definition) is 3. The number of rotatable bonds is 9. The van der Waals surface area contributed by atoms with Gasteiger partial charge in [-0.2, -0.15) is 0 Å². The Morgan fingerprint density at radius 2 is 1.76 bits per heavy atom. The third-order valence-corrected chi connectivity index (χ3v) is 4.25. The molecule has 0 aliphatic heterocycles. The van der Waals surface area contributed by atoms with Gasteiger partial charge >= 0.3 is 0 Å². The predicted molar refractivity (Wildman–Crippen MR) is 101 cm³/mol. The van der Waals surface area contributed by atoms with E-state index in [1.165, 1.54) is 5.56 Å². The van der Waals surface area contributed by atoms with Crippen molar-refractivity contribution in [2.45, 2.75) is 39.4 Å². The van der Waals surface area contributed by atoms with E-state index in [1.54, 1.807) is 7.11 Å². The van der Waals surface area contributed by atoms with Crippen LogP contribution in [0.1, 0.15) is 31.4 Å². The van der Waals surface area contributed by atoms with Gasteiger partial charge in [-0.05, 0) is 25.5 Å². The SMILES string of the molecule is COc1ccccc1CNC(=O)CCN(Cc1ccccc1)C(C)C. The van der Waals surface area contributed by atoms with Gasteiger partial charge in [-0.25, -0.2) is 0 Å². The Labute approximate surface area is 150 Å². The van der Waals surface area contributed by atoms with Gasteiger partial charge in [0.2, 0.25) is 5.91 Å². The van der Waals surface area contributed by atoms with Gasteiger partial charge in [0.05, 0.1) is 7.11 Å². The lowest BCUT2D eigenvalue weighted by molar-refractivity contribution is -0.121. The van der Waals surface area contributed by atoms with Crippen LogP contribution in [0.4, 0.5) is 0 Å². The molecule has 1 N–H and O–H groups in total. The lowest BCUT2D eigenvalue weighted by Gasteiger charge is -2.26. The van der Waals surface area contributed by atoms with Gasteiger partial charge in [0.15, 0.2) is 0 Å². The van der Waals surface area contributed by atoms with Crippen molar-refractivity contribution < 1.29 is 9.53 Å². The van der Waals surface area contributed by atoms with Crippen LogP contribution < -0.4 is 10.1 Å². The van der Waals surface area contributed by atoms with Crippen molar-refractivity contribution >= 4 is 5.91 Å². The molecule has 4 heteroatoms. The molecular weight excluding hydrogens is 312 g/mol. The van der Waals surface area contributed by atoms with Crippen LogP contribution in [-0.4, -0.2) is 30.5 Å². The molecule has 4 nitrogen and oxygen atoms in total. The summed E-state index contributed by atoms with van der Waals surface area (Å²) in [6.07, 6.45) is 0.486. The minimum Gasteiger partial charge on any atom is -0.496 e. The normalized spacial score (nSPS) is 10.9. The lowest BCUT2D eigenvalue weighted by Crippen LogP contribution is -2.34. The van der Waals surface area contributed by atoms with Gasteiger partial charge in [-0.15, -0.1) is 0 Å².